The van der Waals surface area contributed by atoms with Gasteiger partial charge in [0.05, 0.1) is 11.2 Å². The minimum absolute atomic E-state index is 0.0522. The predicted molar refractivity (Wildman–Crippen MR) is 93.8 cm³/mol. The molecule has 0 amide bonds. The fourth-order valence-corrected chi connectivity index (χ4v) is 4.18. The largest absolute Gasteiger partial charge is 0.506 e. The maximum absolute atomic E-state index is 9.83. The molecule has 3 N–H and O–H groups in total. The second kappa shape index (κ2) is 6.60. The molecular formula is C15H17Cl2N3OS. The van der Waals surface area contributed by atoms with Crippen LogP contribution < -0.4 is 10.7 Å². The average molecular weight is 358 g/mol. The first-order valence-corrected chi connectivity index (χ1v) is 8.47. The lowest BCUT2D eigenvalue weighted by Crippen LogP contribution is -2.42. The van der Waals surface area contributed by atoms with Crippen LogP contribution in [-0.4, -0.2) is 22.5 Å². The van der Waals surface area contributed by atoms with E-state index in [9.17, 15) is 5.11 Å². The van der Waals surface area contributed by atoms with Gasteiger partial charge in [0.2, 0.25) is 0 Å². The van der Waals surface area contributed by atoms with Crippen molar-refractivity contribution < 1.29 is 5.11 Å². The van der Waals surface area contributed by atoms with Crippen LogP contribution in [0.25, 0.3) is 0 Å². The Labute approximate surface area is 144 Å². The third-order valence-corrected chi connectivity index (χ3v) is 5.20. The van der Waals surface area contributed by atoms with Crippen LogP contribution in [0.4, 0.5) is 0 Å². The second-order valence-corrected chi connectivity index (χ2v) is 7.20. The second-order valence-electron chi connectivity index (χ2n) is 5.95. The molecule has 2 aliphatic rings. The molecule has 0 aromatic heterocycles. The molecule has 22 heavy (non-hydrogen) atoms. The van der Waals surface area contributed by atoms with E-state index in [0.717, 1.165) is 11.8 Å². The van der Waals surface area contributed by atoms with Crippen molar-refractivity contribution in [3.8, 4) is 5.75 Å². The SMILES string of the molecule is Oc1c(Cl)cc(Cl)cc1/C=N/NC(=S)NC1CC2CCC1C2. The molecule has 4 nitrogen and oxygen atoms in total. The number of hydrogen-bond acceptors (Lipinski definition) is 3. The highest BCUT2D eigenvalue weighted by molar-refractivity contribution is 7.80. The van der Waals surface area contributed by atoms with E-state index in [-0.39, 0.29) is 10.8 Å². The zero-order valence-electron chi connectivity index (χ0n) is 11.9. The lowest BCUT2D eigenvalue weighted by atomic mass is 9.96. The molecule has 3 atom stereocenters. The lowest BCUT2D eigenvalue weighted by molar-refractivity contribution is 0.389. The Hall–Kier alpha value is -1.04. The van der Waals surface area contributed by atoms with Crippen LogP contribution in [0.2, 0.25) is 10.0 Å². The van der Waals surface area contributed by atoms with E-state index in [1.54, 1.807) is 6.07 Å². The monoisotopic (exact) mass is 357 g/mol. The van der Waals surface area contributed by atoms with Crippen molar-refractivity contribution in [2.24, 2.45) is 16.9 Å². The fourth-order valence-electron chi connectivity index (χ4n) is 3.47. The summed E-state index contributed by atoms with van der Waals surface area (Å²) in [7, 11) is 0. The van der Waals surface area contributed by atoms with Gasteiger partial charge in [-0.05, 0) is 55.4 Å². The van der Waals surface area contributed by atoms with Gasteiger partial charge in [0.1, 0.15) is 5.75 Å². The molecule has 2 bridgehead atoms. The van der Waals surface area contributed by atoms with Crippen molar-refractivity contribution >= 4 is 46.7 Å². The van der Waals surface area contributed by atoms with Crippen LogP contribution in [0.1, 0.15) is 31.2 Å². The molecule has 0 saturated heterocycles. The summed E-state index contributed by atoms with van der Waals surface area (Å²) in [6.45, 7) is 0. The molecule has 0 aliphatic heterocycles. The summed E-state index contributed by atoms with van der Waals surface area (Å²) >= 11 is 17.0. The van der Waals surface area contributed by atoms with E-state index in [4.69, 9.17) is 35.4 Å². The molecule has 0 radical (unpaired) electrons. The number of hydrogen-bond donors (Lipinski definition) is 3. The van der Waals surface area contributed by atoms with Crippen molar-refractivity contribution in [2.45, 2.75) is 31.7 Å². The quantitative estimate of drug-likeness (QED) is 0.438. The number of nitrogens with one attached hydrogen (secondary N) is 2. The van der Waals surface area contributed by atoms with Crippen LogP contribution in [-0.2, 0) is 0 Å². The van der Waals surface area contributed by atoms with E-state index in [0.29, 0.717) is 21.7 Å². The summed E-state index contributed by atoms with van der Waals surface area (Å²) in [4.78, 5) is 0. The number of rotatable bonds is 3. The summed E-state index contributed by atoms with van der Waals surface area (Å²) in [5, 5.41) is 18.3. The Bertz CT molecular complexity index is 623. The molecule has 2 fully saturated rings. The number of phenolic OH excluding ortho intramolecular Hbond substituents is 1. The van der Waals surface area contributed by atoms with E-state index >= 15 is 0 Å². The van der Waals surface area contributed by atoms with E-state index < -0.39 is 0 Å². The zero-order chi connectivity index (χ0) is 15.7. The Balaban J connectivity index is 1.55. The van der Waals surface area contributed by atoms with Crippen molar-refractivity contribution in [1.29, 1.82) is 0 Å². The maximum Gasteiger partial charge on any atom is 0.187 e. The highest BCUT2D eigenvalue weighted by Crippen LogP contribution is 2.44. The van der Waals surface area contributed by atoms with Crippen molar-refractivity contribution in [3.05, 3.63) is 27.7 Å². The number of phenols is 1. The summed E-state index contributed by atoms with van der Waals surface area (Å²) < 4.78 is 0. The van der Waals surface area contributed by atoms with Crippen molar-refractivity contribution in [1.82, 2.24) is 10.7 Å². The molecule has 0 heterocycles. The Kier molecular flexibility index (Phi) is 4.76. The highest BCUT2D eigenvalue weighted by Gasteiger charge is 2.39. The third-order valence-electron chi connectivity index (χ3n) is 4.48. The number of nitrogens with zero attached hydrogens (tertiary/aromatic N) is 1. The van der Waals surface area contributed by atoms with Gasteiger partial charge in [-0.1, -0.05) is 29.6 Å². The Morgan fingerprint density at radius 1 is 1.32 bits per heavy atom. The number of hydrazone groups is 1. The summed E-state index contributed by atoms with van der Waals surface area (Å²) in [6, 6.07) is 3.52. The van der Waals surface area contributed by atoms with Gasteiger partial charge in [0.25, 0.3) is 0 Å². The molecule has 3 rings (SSSR count). The highest BCUT2D eigenvalue weighted by atomic mass is 35.5. The smallest absolute Gasteiger partial charge is 0.187 e. The topological polar surface area (TPSA) is 56.7 Å². The van der Waals surface area contributed by atoms with E-state index in [1.165, 1.54) is 38.0 Å². The third kappa shape index (κ3) is 3.47. The van der Waals surface area contributed by atoms with Gasteiger partial charge in [0.15, 0.2) is 5.11 Å². The first kappa shape index (κ1) is 15.8. The lowest BCUT2D eigenvalue weighted by Gasteiger charge is -2.23. The molecular weight excluding hydrogens is 341 g/mol. The molecule has 3 unspecified atom stereocenters. The molecule has 0 spiro atoms. The van der Waals surface area contributed by atoms with Gasteiger partial charge in [-0.15, -0.1) is 0 Å². The fraction of sp³-hybridized carbons (Fsp3) is 0.467. The van der Waals surface area contributed by atoms with Crippen LogP contribution in [0.3, 0.4) is 0 Å². The number of fused-ring (bicyclic) bond motifs is 2. The molecule has 1 aromatic rings. The van der Waals surface area contributed by atoms with Gasteiger partial charge >= 0.3 is 0 Å². The van der Waals surface area contributed by atoms with Crippen LogP contribution in [0, 0.1) is 11.8 Å². The first-order valence-electron chi connectivity index (χ1n) is 7.30. The van der Waals surface area contributed by atoms with Gasteiger partial charge in [-0.2, -0.15) is 5.10 Å². The summed E-state index contributed by atoms with van der Waals surface area (Å²) in [5.41, 5.74) is 3.21. The minimum atomic E-state index is -0.0522. The average Bonchev–Trinajstić information content (AvgIpc) is 3.06. The summed E-state index contributed by atoms with van der Waals surface area (Å²) in [6.07, 6.45) is 6.61. The standard InChI is InChI=1S/C15H17Cl2N3OS/c16-11-5-10(14(21)12(17)6-11)7-18-20-15(22)19-13-4-8-1-2-9(13)3-8/h5-9,13,21H,1-4H2,(H2,19,20,22)/b18-7+. The van der Waals surface area contributed by atoms with Crippen LogP contribution in [0.5, 0.6) is 5.75 Å². The van der Waals surface area contributed by atoms with Gasteiger partial charge < -0.3 is 10.4 Å². The Morgan fingerprint density at radius 3 is 2.82 bits per heavy atom. The molecule has 2 aliphatic carbocycles. The number of thiocarbonyl (C=S) groups is 1. The van der Waals surface area contributed by atoms with E-state index in [1.807, 2.05) is 0 Å². The van der Waals surface area contributed by atoms with Crippen molar-refractivity contribution in [3.63, 3.8) is 0 Å². The van der Waals surface area contributed by atoms with Crippen molar-refractivity contribution in [2.75, 3.05) is 0 Å². The molecule has 7 heteroatoms. The van der Waals surface area contributed by atoms with Gasteiger partial charge in [-0.25, -0.2) is 0 Å². The number of aromatic hydroxyl groups is 1. The first-order chi connectivity index (χ1) is 10.5. The predicted octanol–water partition coefficient (Wildman–Crippen LogP) is 3.69. The molecule has 118 valence electrons. The normalized spacial score (nSPS) is 26.5. The number of halogens is 2. The van der Waals surface area contributed by atoms with E-state index in [2.05, 4.69) is 15.8 Å². The van der Waals surface area contributed by atoms with Gasteiger partial charge in [-0.3, -0.25) is 5.43 Å². The number of benzene rings is 1. The molecule has 2 saturated carbocycles. The van der Waals surface area contributed by atoms with Crippen LogP contribution in [0.15, 0.2) is 17.2 Å². The zero-order valence-corrected chi connectivity index (χ0v) is 14.2. The van der Waals surface area contributed by atoms with Crippen LogP contribution >= 0.6 is 35.4 Å². The Morgan fingerprint density at radius 2 is 2.14 bits per heavy atom. The molecule has 1 aromatic carbocycles. The summed E-state index contributed by atoms with van der Waals surface area (Å²) in [5.74, 6) is 1.55. The minimum Gasteiger partial charge on any atom is -0.506 e. The van der Waals surface area contributed by atoms with Gasteiger partial charge in [0, 0.05) is 16.6 Å². The maximum atomic E-state index is 9.83.